The molecule has 13 heteroatoms. The summed E-state index contributed by atoms with van der Waals surface area (Å²) < 4.78 is 38.2. The first kappa shape index (κ1) is 46.7. The van der Waals surface area contributed by atoms with E-state index < -0.39 is 33.7 Å². The number of nitrogens with one attached hydrogen (secondary N) is 1. The number of ether oxygens (including phenoxy) is 1. The summed E-state index contributed by atoms with van der Waals surface area (Å²) in [6.07, 6.45) is 12.8. The van der Waals surface area contributed by atoms with Crippen molar-refractivity contribution in [1.82, 2.24) is 4.98 Å². The van der Waals surface area contributed by atoms with E-state index in [1.165, 1.54) is 67.3 Å². The maximum atomic E-state index is 14.4. The van der Waals surface area contributed by atoms with E-state index in [1.54, 1.807) is 54.6 Å². The lowest BCUT2D eigenvalue weighted by Crippen LogP contribution is -2.46. The predicted molar refractivity (Wildman–Crippen MR) is 248 cm³/mol. The Kier molecular flexibility index (Phi) is 16.7. The first-order valence-corrected chi connectivity index (χ1v) is 24.0. The Morgan fingerprint density at radius 2 is 1.57 bits per heavy atom. The Hall–Kier alpha value is -5.77. The number of oxazole rings is 1. The molecule has 1 atom stereocenters. The van der Waals surface area contributed by atoms with Gasteiger partial charge in [-0.3, -0.25) is 14.5 Å². The molecule has 1 fully saturated rings. The quantitative estimate of drug-likeness (QED) is 0.0327. The number of halogens is 1. The highest BCUT2D eigenvalue weighted by Gasteiger charge is 2.37. The van der Waals surface area contributed by atoms with Crippen LogP contribution in [0.5, 0.6) is 0 Å². The largest absolute Gasteiger partial charge is 0.435 e. The number of aromatic nitrogens is 1. The second-order valence-electron chi connectivity index (χ2n) is 16.1. The zero-order chi connectivity index (χ0) is 44.8. The number of rotatable bonds is 21. The molecule has 0 aliphatic heterocycles. The van der Waals surface area contributed by atoms with Crippen LogP contribution >= 0.6 is 11.6 Å². The van der Waals surface area contributed by atoms with Crippen molar-refractivity contribution in [3.05, 3.63) is 119 Å². The number of ketones is 1. The standard InChI is InChI=1S/C50H55ClN4O7S/c1-3-4-5-6-7-8-9-10-11-19-30-63(59,60)41-28-29-43(42(51)33-41)53-48(57)47(46(56)36-20-13-12-14-21-36)62-50(58)55(39-22-15-16-23-39)40-27-26-37(35(2)31-40)32-38(34-52)49-54-44-24-17-18-25-45(44)61-49/h12-14,17-18,20-21,24-29,31-33,39,47H,3-11,15-16,19,22-23,30H2,1-2H3,(H,53,57)/b38-32+. The van der Waals surface area contributed by atoms with Crippen LogP contribution in [-0.2, 0) is 19.4 Å². The number of hydrogen-bond donors (Lipinski definition) is 1. The predicted octanol–water partition coefficient (Wildman–Crippen LogP) is 12.3. The summed E-state index contributed by atoms with van der Waals surface area (Å²) in [6.45, 7) is 4.05. The van der Waals surface area contributed by atoms with E-state index in [2.05, 4.69) is 23.3 Å². The van der Waals surface area contributed by atoms with Crippen LogP contribution in [0, 0.1) is 18.3 Å². The van der Waals surface area contributed by atoms with Crippen molar-refractivity contribution in [2.24, 2.45) is 0 Å². The Balaban J connectivity index is 1.17. The van der Waals surface area contributed by atoms with Crippen molar-refractivity contribution < 1.29 is 32.0 Å². The summed E-state index contributed by atoms with van der Waals surface area (Å²) in [6, 6.07) is 26.6. The number of hydrogen-bond acceptors (Lipinski definition) is 9. The van der Waals surface area contributed by atoms with Gasteiger partial charge in [-0.15, -0.1) is 0 Å². The molecule has 1 aliphatic carbocycles. The molecule has 4 aromatic carbocycles. The Labute approximate surface area is 375 Å². The number of benzene rings is 4. The molecule has 1 aliphatic rings. The number of sulfone groups is 1. The molecule has 1 unspecified atom stereocenters. The van der Waals surface area contributed by atoms with Crippen LogP contribution in [-0.4, -0.2) is 49.1 Å². The number of allylic oxidation sites excluding steroid dienone is 1. The highest BCUT2D eigenvalue weighted by atomic mass is 35.5. The number of amides is 2. The smallest absolute Gasteiger partial charge is 0.415 e. The lowest BCUT2D eigenvalue weighted by molar-refractivity contribution is -0.122. The number of fused-ring (bicyclic) bond motifs is 1. The molecule has 1 N–H and O–H groups in total. The van der Waals surface area contributed by atoms with Gasteiger partial charge in [-0.1, -0.05) is 138 Å². The fourth-order valence-corrected chi connectivity index (χ4v) is 9.59. The minimum atomic E-state index is -3.64. The Morgan fingerprint density at radius 3 is 2.22 bits per heavy atom. The van der Waals surface area contributed by atoms with Gasteiger partial charge < -0.3 is 14.5 Å². The van der Waals surface area contributed by atoms with Crippen LogP contribution in [0.4, 0.5) is 16.2 Å². The molecule has 11 nitrogen and oxygen atoms in total. The first-order valence-electron chi connectivity index (χ1n) is 22.0. The van der Waals surface area contributed by atoms with Crippen molar-refractivity contribution in [3.8, 4) is 6.07 Å². The number of unbranched alkanes of at least 4 members (excludes halogenated alkanes) is 9. The van der Waals surface area contributed by atoms with Gasteiger partial charge in [-0.05, 0) is 85.9 Å². The van der Waals surface area contributed by atoms with Crippen molar-refractivity contribution in [2.45, 2.75) is 121 Å². The molecular formula is C50H55ClN4O7S. The van der Waals surface area contributed by atoms with E-state index in [0.29, 0.717) is 41.6 Å². The molecule has 0 saturated heterocycles. The monoisotopic (exact) mass is 890 g/mol. The maximum Gasteiger partial charge on any atom is 0.415 e. The van der Waals surface area contributed by atoms with Gasteiger partial charge in [0.25, 0.3) is 5.91 Å². The number of anilines is 2. The first-order chi connectivity index (χ1) is 30.5. The lowest BCUT2D eigenvalue weighted by Gasteiger charge is -2.30. The molecule has 6 rings (SSSR count). The third kappa shape index (κ3) is 12.5. The number of carbonyl (C=O) groups is 3. The summed E-state index contributed by atoms with van der Waals surface area (Å²) in [5.74, 6) is -1.54. The van der Waals surface area contributed by atoms with Gasteiger partial charge in [0.2, 0.25) is 17.8 Å². The van der Waals surface area contributed by atoms with E-state index in [1.807, 2.05) is 19.1 Å². The average Bonchev–Trinajstić information content (AvgIpc) is 3.98. The van der Waals surface area contributed by atoms with Crippen LogP contribution in [0.2, 0.25) is 5.02 Å². The van der Waals surface area contributed by atoms with Gasteiger partial charge in [0.05, 0.1) is 21.4 Å². The van der Waals surface area contributed by atoms with Crippen LogP contribution in [0.25, 0.3) is 22.7 Å². The van der Waals surface area contributed by atoms with Crippen LogP contribution < -0.4 is 10.2 Å². The van der Waals surface area contributed by atoms with Crippen LogP contribution in [0.3, 0.4) is 0 Å². The van der Waals surface area contributed by atoms with E-state index >= 15 is 0 Å². The number of aryl methyl sites for hydroxylation is 1. The van der Waals surface area contributed by atoms with E-state index in [0.717, 1.165) is 44.1 Å². The summed E-state index contributed by atoms with van der Waals surface area (Å²) >= 11 is 6.58. The number of nitriles is 1. The fourth-order valence-electron chi connectivity index (χ4n) is 7.91. The van der Waals surface area contributed by atoms with Crippen LogP contribution in [0.15, 0.2) is 100 Å². The summed E-state index contributed by atoms with van der Waals surface area (Å²) in [5.41, 5.74) is 3.55. The second-order valence-corrected chi connectivity index (χ2v) is 18.6. The Bertz CT molecular complexity index is 2530. The lowest BCUT2D eigenvalue weighted by atomic mass is 10.0. The van der Waals surface area contributed by atoms with Crippen molar-refractivity contribution in [1.29, 1.82) is 5.26 Å². The topological polar surface area (TPSA) is 160 Å². The van der Waals surface area contributed by atoms with Crippen molar-refractivity contribution >= 4 is 73.3 Å². The zero-order valence-electron chi connectivity index (χ0n) is 36.0. The molecule has 63 heavy (non-hydrogen) atoms. The molecule has 1 heterocycles. The minimum Gasteiger partial charge on any atom is -0.435 e. The molecule has 1 aromatic heterocycles. The molecule has 0 radical (unpaired) electrons. The summed E-state index contributed by atoms with van der Waals surface area (Å²) in [5, 5.41) is 12.6. The highest BCUT2D eigenvalue weighted by molar-refractivity contribution is 7.91. The number of Topliss-reactive ketones (excluding diaryl/α,β-unsaturated/α-hetero) is 1. The minimum absolute atomic E-state index is 0.0214. The van der Waals surface area contributed by atoms with Gasteiger partial charge in [0.1, 0.15) is 17.2 Å². The zero-order valence-corrected chi connectivity index (χ0v) is 37.6. The number of para-hydroxylation sites is 2. The molecular weight excluding hydrogens is 836 g/mol. The van der Waals surface area contributed by atoms with Crippen LogP contribution in [0.1, 0.15) is 124 Å². The average molecular weight is 892 g/mol. The molecule has 5 aromatic rings. The van der Waals surface area contributed by atoms with Gasteiger partial charge in [0.15, 0.2) is 15.4 Å². The fraction of sp³-hybridized carbons (Fsp3) is 0.380. The SMILES string of the molecule is CCCCCCCCCCCCS(=O)(=O)c1ccc(NC(=O)C(OC(=O)N(c2ccc(/C=C(\C#N)c3nc4ccccc4o3)c(C)c2)C2CCCC2)C(=O)c2ccccc2)c(Cl)c1. The number of nitrogens with zero attached hydrogens (tertiary/aromatic N) is 3. The molecule has 2 amide bonds. The second kappa shape index (κ2) is 22.5. The third-order valence-corrected chi connectivity index (χ3v) is 13.6. The number of carbonyl (C=O) groups excluding carboxylic acids is 3. The summed E-state index contributed by atoms with van der Waals surface area (Å²) in [7, 11) is -3.64. The molecule has 1 saturated carbocycles. The maximum absolute atomic E-state index is 14.4. The Morgan fingerprint density at radius 1 is 0.905 bits per heavy atom. The third-order valence-electron chi connectivity index (χ3n) is 11.4. The van der Waals surface area contributed by atoms with Gasteiger partial charge in [0, 0.05) is 17.3 Å². The van der Waals surface area contributed by atoms with Crippen molar-refractivity contribution in [3.63, 3.8) is 0 Å². The molecule has 330 valence electrons. The van der Waals surface area contributed by atoms with E-state index in [-0.39, 0.29) is 44.4 Å². The highest BCUT2D eigenvalue weighted by Crippen LogP contribution is 2.33. The van der Waals surface area contributed by atoms with Gasteiger partial charge in [-0.2, -0.15) is 5.26 Å². The van der Waals surface area contributed by atoms with Crippen molar-refractivity contribution in [2.75, 3.05) is 16.0 Å². The molecule has 0 bridgehead atoms. The van der Waals surface area contributed by atoms with Gasteiger partial charge >= 0.3 is 6.09 Å². The molecule has 0 spiro atoms. The van der Waals surface area contributed by atoms with E-state index in [4.69, 9.17) is 20.8 Å². The van der Waals surface area contributed by atoms with E-state index in [9.17, 15) is 28.1 Å². The van der Waals surface area contributed by atoms with Gasteiger partial charge in [-0.25, -0.2) is 18.2 Å². The summed E-state index contributed by atoms with van der Waals surface area (Å²) in [4.78, 5) is 48.4. The normalized spacial score (nSPS) is 13.7.